The minimum absolute atomic E-state index is 0.301. The monoisotopic (exact) mass is 384 g/mol. The number of hydrogen-bond acceptors (Lipinski definition) is 8. The Labute approximate surface area is 153 Å². The number of carboxylic acids is 2. The molecule has 0 spiro atoms. The molecule has 1 aromatic rings. The number of benzene rings is 1. The lowest BCUT2D eigenvalue weighted by Gasteiger charge is -2.41. The first-order chi connectivity index (χ1) is 12.7. The Morgan fingerprint density at radius 1 is 1.15 bits per heavy atom. The molecular formula is C17H20O10. The molecule has 10 nitrogen and oxygen atoms in total. The molecule has 4 N–H and O–H groups in total. The molecule has 1 saturated heterocycles. The Balaban J connectivity index is 2.33. The van der Waals surface area contributed by atoms with Gasteiger partial charge in [0.15, 0.2) is 12.4 Å². The van der Waals surface area contributed by atoms with Crippen molar-refractivity contribution in [1.82, 2.24) is 0 Å². The molecule has 0 bridgehead atoms. The van der Waals surface area contributed by atoms with Crippen molar-refractivity contribution in [3.05, 3.63) is 34.9 Å². The van der Waals surface area contributed by atoms with E-state index in [0.29, 0.717) is 0 Å². The van der Waals surface area contributed by atoms with E-state index in [2.05, 4.69) is 0 Å². The Kier molecular flexibility index (Phi) is 6.50. The van der Waals surface area contributed by atoms with Crippen LogP contribution in [0, 0.1) is 5.92 Å². The molecule has 0 radical (unpaired) electrons. The topological polar surface area (TPSA) is 160 Å². The summed E-state index contributed by atoms with van der Waals surface area (Å²) in [6, 6.07) is 2.91. The maximum absolute atomic E-state index is 12.5. The van der Waals surface area contributed by atoms with Crippen LogP contribution < -0.4 is 0 Å². The van der Waals surface area contributed by atoms with Gasteiger partial charge in [-0.2, -0.15) is 0 Å². The van der Waals surface area contributed by atoms with E-state index < -0.39 is 59.6 Å². The van der Waals surface area contributed by atoms with Crippen molar-refractivity contribution in [2.45, 2.75) is 31.5 Å². The number of aromatic carboxylic acids is 2. The van der Waals surface area contributed by atoms with Crippen LogP contribution in [-0.4, -0.2) is 76.7 Å². The van der Waals surface area contributed by atoms with E-state index >= 15 is 0 Å². The molecule has 27 heavy (non-hydrogen) atoms. The average molecular weight is 384 g/mol. The zero-order chi connectivity index (χ0) is 20.3. The van der Waals surface area contributed by atoms with Gasteiger partial charge >= 0.3 is 17.9 Å². The van der Waals surface area contributed by atoms with Crippen LogP contribution in [-0.2, 0) is 14.2 Å². The zero-order valence-electron chi connectivity index (χ0n) is 14.6. The third kappa shape index (κ3) is 4.25. The second kappa shape index (κ2) is 8.44. The minimum atomic E-state index is -1.45. The van der Waals surface area contributed by atoms with Crippen LogP contribution in [0.25, 0.3) is 0 Å². The predicted octanol–water partition coefficient (Wildman–Crippen LogP) is -0.0310. The summed E-state index contributed by atoms with van der Waals surface area (Å²) in [5, 5.41) is 38.0. The molecular weight excluding hydrogens is 364 g/mol. The Morgan fingerprint density at radius 2 is 1.81 bits per heavy atom. The van der Waals surface area contributed by atoms with Crippen molar-refractivity contribution in [3.63, 3.8) is 0 Å². The number of aliphatic hydroxyl groups excluding tert-OH is 2. The van der Waals surface area contributed by atoms with Gasteiger partial charge in [0.1, 0.15) is 6.10 Å². The van der Waals surface area contributed by atoms with Crippen molar-refractivity contribution in [2.24, 2.45) is 5.92 Å². The molecule has 1 aliphatic rings. The van der Waals surface area contributed by atoms with Gasteiger partial charge < -0.3 is 34.6 Å². The van der Waals surface area contributed by atoms with E-state index in [1.807, 2.05) is 0 Å². The summed E-state index contributed by atoms with van der Waals surface area (Å²) in [5.41, 5.74) is -1.24. The first kappa shape index (κ1) is 20.8. The summed E-state index contributed by atoms with van der Waals surface area (Å²) < 4.78 is 15.7. The molecule has 5 unspecified atom stereocenters. The number of aliphatic hydroxyl groups is 2. The molecule has 0 amide bonds. The Bertz CT molecular complexity index is 728. The van der Waals surface area contributed by atoms with Crippen LogP contribution in [0.2, 0.25) is 0 Å². The van der Waals surface area contributed by atoms with Crippen molar-refractivity contribution in [3.8, 4) is 0 Å². The summed E-state index contributed by atoms with van der Waals surface area (Å²) in [7, 11) is 1.25. The third-order valence-corrected chi connectivity index (χ3v) is 4.41. The van der Waals surface area contributed by atoms with E-state index in [0.717, 1.165) is 18.2 Å². The summed E-state index contributed by atoms with van der Waals surface area (Å²) in [4.78, 5) is 35.0. The summed E-state index contributed by atoms with van der Waals surface area (Å²) in [5.74, 6) is -4.56. The summed E-state index contributed by atoms with van der Waals surface area (Å²) in [6.45, 7) is 1.19. The fourth-order valence-corrected chi connectivity index (χ4v) is 2.80. The van der Waals surface area contributed by atoms with Gasteiger partial charge in [-0.1, -0.05) is 6.92 Å². The molecule has 1 fully saturated rings. The fourth-order valence-electron chi connectivity index (χ4n) is 2.80. The number of methoxy groups -OCH3 is 1. The number of carbonyl (C=O) groups is 3. The average Bonchev–Trinajstić information content (AvgIpc) is 2.64. The van der Waals surface area contributed by atoms with E-state index in [1.54, 1.807) is 6.92 Å². The van der Waals surface area contributed by atoms with Crippen molar-refractivity contribution in [1.29, 1.82) is 0 Å². The van der Waals surface area contributed by atoms with Crippen LogP contribution >= 0.6 is 0 Å². The van der Waals surface area contributed by atoms with Crippen LogP contribution in [0.3, 0.4) is 0 Å². The molecule has 1 heterocycles. The van der Waals surface area contributed by atoms with Gasteiger partial charge in [-0.15, -0.1) is 0 Å². The number of hydrogen-bond donors (Lipinski definition) is 4. The molecule has 5 atom stereocenters. The van der Waals surface area contributed by atoms with E-state index in [4.69, 9.17) is 19.3 Å². The lowest BCUT2D eigenvalue weighted by Crippen LogP contribution is -2.56. The summed E-state index contributed by atoms with van der Waals surface area (Å²) in [6.07, 6.45) is -4.52. The molecule has 2 rings (SSSR count). The quantitative estimate of drug-likeness (QED) is 0.490. The molecule has 0 saturated carbocycles. The van der Waals surface area contributed by atoms with Gasteiger partial charge in [0.25, 0.3) is 0 Å². The van der Waals surface area contributed by atoms with Gasteiger partial charge in [0.05, 0.1) is 29.4 Å². The first-order valence-electron chi connectivity index (χ1n) is 8.00. The van der Waals surface area contributed by atoms with Gasteiger partial charge in [0, 0.05) is 13.0 Å². The van der Waals surface area contributed by atoms with Gasteiger partial charge in [-0.05, 0) is 18.2 Å². The standard InChI is InChI=1S/C17H20O10/c1-7-11(6-18)26-17(25-2)13(12(7)19)27-16(24)10-5-8(14(20)21)3-4-9(10)15(22)23/h3-5,7,11-13,17-19H,6H2,1-2H3,(H,20,21)(H,22,23). The maximum Gasteiger partial charge on any atom is 0.339 e. The van der Waals surface area contributed by atoms with Crippen LogP contribution in [0.5, 0.6) is 0 Å². The second-order valence-electron chi connectivity index (χ2n) is 6.05. The Morgan fingerprint density at radius 3 is 2.33 bits per heavy atom. The Hall–Kier alpha value is -2.53. The van der Waals surface area contributed by atoms with Crippen LogP contribution in [0.15, 0.2) is 18.2 Å². The number of ether oxygens (including phenoxy) is 3. The first-order valence-corrected chi connectivity index (χ1v) is 8.00. The number of carboxylic acid groups (broad SMARTS) is 2. The highest BCUT2D eigenvalue weighted by molar-refractivity contribution is 6.04. The van der Waals surface area contributed by atoms with E-state index in [9.17, 15) is 29.7 Å². The van der Waals surface area contributed by atoms with Crippen LogP contribution in [0.4, 0.5) is 0 Å². The van der Waals surface area contributed by atoms with E-state index in [1.165, 1.54) is 7.11 Å². The van der Waals surface area contributed by atoms with Crippen LogP contribution in [0.1, 0.15) is 38.0 Å². The van der Waals surface area contributed by atoms with Crippen molar-refractivity contribution >= 4 is 17.9 Å². The fraction of sp³-hybridized carbons (Fsp3) is 0.471. The van der Waals surface area contributed by atoms with Gasteiger partial charge in [0.2, 0.25) is 0 Å². The number of rotatable bonds is 6. The lowest BCUT2D eigenvalue weighted by atomic mass is 9.91. The number of carbonyl (C=O) groups excluding carboxylic acids is 1. The smallest absolute Gasteiger partial charge is 0.339 e. The normalized spacial score (nSPS) is 27.8. The SMILES string of the molecule is COC1OC(CO)C(C)C(O)C1OC(=O)c1cc(C(=O)O)ccc1C(=O)O. The predicted molar refractivity (Wildman–Crippen MR) is 87.5 cm³/mol. The second-order valence-corrected chi connectivity index (χ2v) is 6.05. The van der Waals surface area contributed by atoms with Crippen molar-refractivity contribution in [2.75, 3.05) is 13.7 Å². The maximum atomic E-state index is 12.5. The molecule has 0 aromatic heterocycles. The highest BCUT2D eigenvalue weighted by Crippen LogP contribution is 2.29. The highest BCUT2D eigenvalue weighted by Gasteiger charge is 2.45. The summed E-state index contributed by atoms with van der Waals surface area (Å²) >= 11 is 0. The minimum Gasteiger partial charge on any atom is -0.478 e. The molecule has 10 heteroatoms. The van der Waals surface area contributed by atoms with E-state index in [-0.39, 0.29) is 12.2 Å². The molecule has 0 aliphatic carbocycles. The third-order valence-electron chi connectivity index (χ3n) is 4.41. The number of esters is 1. The molecule has 148 valence electrons. The van der Waals surface area contributed by atoms with Crippen molar-refractivity contribution < 1.29 is 49.0 Å². The molecule has 1 aromatic carbocycles. The lowest BCUT2D eigenvalue weighted by molar-refractivity contribution is -0.279. The zero-order valence-corrected chi connectivity index (χ0v) is 14.6. The van der Waals surface area contributed by atoms with Gasteiger partial charge in [-0.25, -0.2) is 14.4 Å². The molecule has 1 aliphatic heterocycles. The van der Waals surface area contributed by atoms with Gasteiger partial charge in [-0.3, -0.25) is 0 Å². The largest absolute Gasteiger partial charge is 0.478 e. The highest BCUT2D eigenvalue weighted by atomic mass is 16.7.